The number of H-pyrrole nitrogens is 1. The predicted octanol–water partition coefficient (Wildman–Crippen LogP) is 2.05. The van der Waals surface area contributed by atoms with Gasteiger partial charge in [0.1, 0.15) is 0 Å². The minimum Gasteiger partial charge on any atom is -0.378 e. The summed E-state index contributed by atoms with van der Waals surface area (Å²) in [5.74, 6) is 0. The summed E-state index contributed by atoms with van der Waals surface area (Å²) in [6.45, 7) is 0.516. The average molecular weight is 301 g/mol. The summed E-state index contributed by atoms with van der Waals surface area (Å²) in [5.41, 5.74) is 2.00. The van der Waals surface area contributed by atoms with E-state index in [1.54, 1.807) is 24.4 Å². The van der Waals surface area contributed by atoms with Crippen LogP contribution in [0, 0.1) is 0 Å². The first-order valence-corrected chi connectivity index (χ1v) is 7.70. The van der Waals surface area contributed by atoms with Gasteiger partial charge in [-0.05, 0) is 24.3 Å². The molecular formula is C11H13ClN4O2S. The molecule has 2 rings (SSSR count). The van der Waals surface area contributed by atoms with Gasteiger partial charge in [-0.25, -0.2) is 8.42 Å². The van der Waals surface area contributed by atoms with Crippen molar-refractivity contribution in [2.45, 2.75) is 6.54 Å². The van der Waals surface area contributed by atoms with Gasteiger partial charge in [0.25, 0.3) is 0 Å². The van der Waals surface area contributed by atoms with Crippen molar-refractivity contribution in [3.05, 3.63) is 41.2 Å². The number of aromatic nitrogens is 2. The molecule has 8 heteroatoms. The van der Waals surface area contributed by atoms with E-state index in [2.05, 4.69) is 20.2 Å². The Kier molecular flexibility index (Phi) is 3.96. The smallest absolute Gasteiger partial charge is 0.229 e. The maximum absolute atomic E-state index is 11.2. The second-order valence-electron chi connectivity index (χ2n) is 4.00. The molecule has 0 saturated carbocycles. The molecule has 2 aromatic rings. The van der Waals surface area contributed by atoms with E-state index in [-0.39, 0.29) is 0 Å². The molecule has 1 aromatic heterocycles. The number of nitrogens with zero attached hydrogens (tertiary/aromatic N) is 1. The Balaban J connectivity index is 2.13. The first-order valence-electron chi connectivity index (χ1n) is 5.43. The molecular weight excluding hydrogens is 288 g/mol. The van der Waals surface area contributed by atoms with E-state index >= 15 is 0 Å². The molecule has 0 unspecified atom stereocenters. The van der Waals surface area contributed by atoms with Crippen LogP contribution in [0.1, 0.15) is 5.69 Å². The number of rotatable bonds is 5. The Morgan fingerprint density at radius 1 is 1.37 bits per heavy atom. The first kappa shape index (κ1) is 13.7. The first-order chi connectivity index (χ1) is 8.94. The number of sulfonamides is 1. The van der Waals surface area contributed by atoms with E-state index in [1.807, 2.05) is 6.07 Å². The summed E-state index contributed by atoms with van der Waals surface area (Å²) in [7, 11) is -3.30. The van der Waals surface area contributed by atoms with Gasteiger partial charge in [0.2, 0.25) is 10.0 Å². The highest BCUT2D eigenvalue weighted by Crippen LogP contribution is 2.26. The lowest BCUT2D eigenvalue weighted by Gasteiger charge is -2.10. The molecule has 19 heavy (non-hydrogen) atoms. The number of hydrogen-bond donors (Lipinski definition) is 3. The summed E-state index contributed by atoms with van der Waals surface area (Å²) < 4.78 is 24.7. The molecule has 6 nitrogen and oxygen atoms in total. The lowest BCUT2D eigenvalue weighted by molar-refractivity contribution is 0.607. The standard InChI is InChI=1S/C11H13ClN4O2S/c1-19(17,18)16-8-2-3-10(12)11(6-8)13-7-9-4-5-14-15-9/h2-6,13,16H,7H2,1H3,(H,14,15). The zero-order chi connectivity index (χ0) is 13.9. The number of benzene rings is 1. The average Bonchev–Trinajstić information content (AvgIpc) is 2.81. The molecule has 0 amide bonds. The SMILES string of the molecule is CS(=O)(=O)Nc1ccc(Cl)c(NCc2ccn[nH]2)c1. The van der Waals surface area contributed by atoms with Gasteiger partial charge in [-0.2, -0.15) is 5.10 Å². The van der Waals surface area contributed by atoms with Gasteiger partial charge in [-0.1, -0.05) is 11.6 Å². The fraction of sp³-hybridized carbons (Fsp3) is 0.182. The Labute approximate surface area is 116 Å². The quantitative estimate of drug-likeness (QED) is 0.788. The molecule has 0 aliphatic carbocycles. The van der Waals surface area contributed by atoms with Crippen molar-refractivity contribution in [3.63, 3.8) is 0 Å². The highest BCUT2D eigenvalue weighted by atomic mass is 35.5. The van der Waals surface area contributed by atoms with E-state index in [4.69, 9.17) is 11.6 Å². The fourth-order valence-corrected chi connectivity index (χ4v) is 2.25. The van der Waals surface area contributed by atoms with Gasteiger partial charge in [0.05, 0.1) is 34.9 Å². The van der Waals surface area contributed by atoms with Crippen molar-refractivity contribution in [1.82, 2.24) is 10.2 Å². The molecule has 102 valence electrons. The maximum atomic E-state index is 11.2. The molecule has 0 bridgehead atoms. The number of hydrogen-bond acceptors (Lipinski definition) is 4. The van der Waals surface area contributed by atoms with Crippen LogP contribution in [0.4, 0.5) is 11.4 Å². The van der Waals surface area contributed by atoms with Crippen LogP contribution in [0.5, 0.6) is 0 Å². The third kappa shape index (κ3) is 4.15. The van der Waals surface area contributed by atoms with Gasteiger partial charge in [-0.3, -0.25) is 9.82 Å². The summed E-state index contributed by atoms with van der Waals surface area (Å²) >= 11 is 6.04. The molecule has 1 aromatic carbocycles. The number of halogens is 1. The number of anilines is 2. The molecule has 0 saturated heterocycles. The largest absolute Gasteiger partial charge is 0.378 e. The third-order valence-corrected chi connectivity index (χ3v) is 3.23. The van der Waals surface area contributed by atoms with Gasteiger partial charge >= 0.3 is 0 Å². The Hall–Kier alpha value is -1.73. The highest BCUT2D eigenvalue weighted by molar-refractivity contribution is 7.92. The summed E-state index contributed by atoms with van der Waals surface area (Å²) in [5, 5.41) is 10.3. The lowest BCUT2D eigenvalue weighted by atomic mass is 10.2. The van der Waals surface area contributed by atoms with Crippen molar-refractivity contribution >= 4 is 33.0 Å². The molecule has 0 fully saturated rings. The number of nitrogens with one attached hydrogen (secondary N) is 3. The third-order valence-electron chi connectivity index (χ3n) is 2.30. The van der Waals surface area contributed by atoms with Crippen molar-refractivity contribution in [3.8, 4) is 0 Å². The van der Waals surface area contributed by atoms with Crippen LogP contribution in [0.3, 0.4) is 0 Å². The van der Waals surface area contributed by atoms with E-state index in [0.717, 1.165) is 11.9 Å². The number of aromatic amines is 1. The molecule has 0 aliphatic rings. The zero-order valence-corrected chi connectivity index (χ0v) is 11.7. The normalized spacial score (nSPS) is 11.3. The Morgan fingerprint density at radius 2 is 2.16 bits per heavy atom. The van der Waals surface area contributed by atoms with Crippen LogP contribution >= 0.6 is 11.6 Å². The van der Waals surface area contributed by atoms with E-state index < -0.39 is 10.0 Å². The highest BCUT2D eigenvalue weighted by Gasteiger charge is 2.06. The lowest BCUT2D eigenvalue weighted by Crippen LogP contribution is -2.10. The van der Waals surface area contributed by atoms with E-state index in [1.165, 1.54) is 0 Å². The van der Waals surface area contributed by atoms with Crippen LogP contribution < -0.4 is 10.0 Å². The molecule has 0 radical (unpaired) electrons. The minimum absolute atomic E-state index is 0.457. The molecule has 0 aliphatic heterocycles. The van der Waals surface area contributed by atoms with Crippen molar-refractivity contribution in [2.75, 3.05) is 16.3 Å². The second-order valence-corrected chi connectivity index (χ2v) is 6.16. The summed E-state index contributed by atoms with van der Waals surface area (Å²) in [6, 6.07) is 6.70. The molecule has 0 atom stereocenters. The second kappa shape index (κ2) is 5.50. The summed E-state index contributed by atoms with van der Waals surface area (Å²) in [6.07, 6.45) is 2.75. The monoisotopic (exact) mass is 300 g/mol. The van der Waals surface area contributed by atoms with Gasteiger partial charge in [0, 0.05) is 6.20 Å². The minimum atomic E-state index is -3.30. The fourth-order valence-electron chi connectivity index (χ4n) is 1.51. The molecule has 1 heterocycles. The van der Waals surface area contributed by atoms with Crippen LogP contribution in [0.25, 0.3) is 0 Å². The van der Waals surface area contributed by atoms with Crippen LogP contribution in [0.2, 0.25) is 5.02 Å². The predicted molar refractivity (Wildman–Crippen MR) is 75.8 cm³/mol. The van der Waals surface area contributed by atoms with E-state index in [9.17, 15) is 8.42 Å². The topological polar surface area (TPSA) is 86.9 Å². The van der Waals surface area contributed by atoms with Crippen molar-refractivity contribution in [2.24, 2.45) is 0 Å². The van der Waals surface area contributed by atoms with Gasteiger partial charge in [0.15, 0.2) is 0 Å². The Morgan fingerprint density at radius 3 is 2.79 bits per heavy atom. The van der Waals surface area contributed by atoms with Crippen molar-refractivity contribution < 1.29 is 8.42 Å². The molecule has 0 spiro atoms. The van der Waals surface area contributed by atoms with E-state index in [0.29, 0.717) is 22.9 Å². The Bertz CT molecular complexity index is 655. The maximum Gasteiger partial charge on any atom is 0.229 e. The van der Waals surface area contributed by atoms with Crippen LogP contribution in [-0.4, -0.2) is 24.9 Å². The van der Waals surface area contributed by atoms with Gasteiger partial charge < -0.3 is 5.32 Å². The van der Waals surface area contributed by atoms with Crippen LogP contribution in [-0.2, 0) is 16.6 Å². The van der Waals surface area contributed by atoms with Crippen LogP contribution in [0.15, 0.2) is 30.5 Å². The van der Waals surface area contributed by atoms with Crippen molar-refractivity contribution in [1.29, 1.82) is 0 Å². The zero-order valence-electron chi connectivity index (χ0n) is 10.1. The van der Waals surface area contributed by atoms with Gasteiger partial charge in [-0.15, -0.1) is 0 Å². The summed E-state index contributed by atoms with van der Waals surface area (Å²) in [4.78, 5) is 0. The molecule has 3 N–H and O–H groups in total.